The van der Waals surface area contributed by atoms with Crippen LogP contribution in [-0.2, 0) is 0 Å². The lowest BCUT2D eigenvalue weighted by Crippen LogP contribution is -2.26. The molecule has 1 rings (SSSR count). The summed E-state index contributed by atoms with van der Waals surface area (Å²) in [5.74, 6) is -2.65. The number of nitrogens with zero attached hydrogens (tertiary/aromatic N) is 1. The molecule has 6 heteroatoms. The van der Waals surface area contributed by atoms with Crippen LogP contribution in [0.2, 0.25) is 0 Å². The van der Waals surface area contributed by atoms with Gasteiger partial charge in [-0.2, -0.15) is 0 Å². The van der Waals surface area contributed by atoms with Crippen LogP contribution in [0.5, 0.6) is 5.75 Å². The highest BCUT2D eigenvalue weighted by atomic mass is 32.1. The Hall–Kier alpha value is -1.56. The molecule has 0 spiro atoms. The molecule has 17 heavy (non-hydrogen) atoms. The van der Waals surface area contributed by atoms with E-state index in [0.717, 1.165) is 6.07 Å². The molecule has 1 aromatic carbocycles. The van der Waals surface area contributed by atoms with Crippen LogP contribution >= 0.6 is 12.2 Å². The van der Waals surface area contributed by atoms with Crippen LogP contribution in [0.3, 0.4) is 0 Å². The number of ether oxygens (including phenoxy) is 1. The minimum absolute atomic E-state index is 0.0157. The van der Waals surface area contributed by atoms with Gasteiger partial charge in [-0.25, -0.2) is 8.78 Å². The lowest BCUT2D eigenvalue weighted by molar-refractivity contribution is 0.101. The number of rotatable bonds is 2. The average molecular weight is 259 g/mol. The number of Topliss-reactive ketones (excluding diaryl/α,β-unsaturated/α-hetero) is 1. The van der Waals surface area contributed by atoms with Gasteiger partial charge in [0.1, 0.15) is 5.82 Å². The van der Waals surface area contributed by atoms with E-state index in [1.165, 1.54) is 11.8 Å². The Labute approximate surface area is 103 Å². The van der Waals surface area contributed by atoms with Crippen molar-refractivity contribution in [1.82, 2.24) is 4.90 Å². The van der Waals surface area contributed by atoms with E-state index >= 15 is 0 Å². The SMILES string of the molecule is CC(=O)c1cc(F)cc(F)c1OC(=S)N(C)C. The molecule has 0 unspecified atom stereocenters. The summed E-state index contributed by atoms with van der Waals surface area (Å²) in [6.45, 7) is 1.19. The van der Waals surface area contributed by atoms with E-state index in [2.05, 4.69) is 0 Å². The van der Waals surface area contributed by atoms with Gasteiger partial charge in [0.25, 0.3) is 5.17 Å². The Kier molecular flexibility index (Phi) is 4.11. The van der Waals surface area contributed by atoms with Crippen LogP contribution in [0.1, 0.15) is 17.3 Å². The van der Waals surface area contributed by atoms with E-state index in [9.17, 15) is 13.6 Å². The van der Waals surface area contributed by atoms with Crippen molar-refractivity contribution in [1.29, 1.82) is 0 Å². The first kappa shape index (κ1) is 13.5. The van der Waals surface area contributed by atoms with E-state index in [-0.39, 0.29) is 16.5 Å². The fourth-order valence-electron chi connectivity index (χ4n) is 1.10. The standard InChI is InChI=1S/C11H11F2NO2S/c1-6(15)8-4-7(12)5-9(13)10(8)16-11(17)14(2)3/h4-5H,1-3H3. The minimum atomic E-state index is -0.959. The van der Waals surface area contributed by atoms with Crippen molar-refractivity contribution in [3.05, 3.63) is 29.3 Å². The molecule has 0 heterocycles. The highest BCUT2D eigenvalue weighted by molar-refractivity contribution is 7.80. The maximum Gasteiger partial charge on any atom is 0.264 e. The third kappa shape index (κ3) is 3.20. The summed E-state index contributed by atoms with van der Waals surface area (Å²) in [5, 5.41) is -0.0157. The molecule has 1 aromatic rings. The third-order valence-electron chi connectivity index (χ3n) is 1.94. The largest absolute Gasteiger partial charge is 0.428 e. The fourth-order valence-corrected chi connectivity index (χ4v) is 1.19. The van der Waals surface area contributed by atoms with E-state index in [1.54, 1.807) is 14.1 Å². The molecular formula is C11H11F2NO2S. The maximum atomic E-state index is 13.5. The van der Waals surface area contributed by atoms with Crippen LogP contribution in [-0.4, -0.2) is 30.0 Å². The van der Waals surface area contributed by atoms with Gasteiger partial charge < -0.3 is 9.64 Å². The van der Waals surface area contributed by atoms with Crippen molar-refractivity contribution in [3.8, 4) is 5.75 Å². The number of carbonyl (C=O) groups excluding carboxylic acids is 1. The molecule has 0 saturated heterocycles. The number of hydrogen-bond donors (Lipinski definition) is 0. The normalized spacial score (nSPS) is 9.94. The molecule has 0 amide bonds. The highest BCUT2D eigenvalue weighted by Crippen LogP contribution is 2.25. The van der Waals surface area contributed by atoms with Crippen molar-refractivity contribution in [2.45, 2.75) is 6.92 Å². The van der Waals surface area contributed by atoms with Gasteiger partial charge in [-0.05, 0) is 25.2 Å². The zero-order chi connectivity index (χ0) is 13.2. The predicted octanol–water partition coefficient (Wildman–Crippen LogP) is 2.39. The number of thiocarbonyl (C=S) groups is 1. The summed E-state index contributed by atoms with van der Waals surface area (Å²) >= 11 is 4.83. The second-order valence-electron chi connectivity index (χ2n) is 3.58. The van der Waals surface area contributed by atoms with Gasteiger partial charge in [-0.15, -0.1) is 0 Å². The molecule has 92 valence electrons. The molecule has 0 aliphatic carbocycles. The Morgan fingerprint density at radius 3 is 2.41 bits per heavy atom. The van der Waals surface area contributed by atoms with Crippen molar-refractivity contribution in [2.75, 3.05) is 14.1 Å². The topological polar surface area (TPSA) is 29.5 Å². The molecule has 0 aliphatic rings. The highest BCUT2D eigenvalue weighted by Gasteiger charge is 2.18. The molecule has 0 N–H and O–H groups in total. The first-order valence-electron chi connectivity index (χ1n) is 4.72. The number of ketones is 1. The Morgan fingerprint density at radius 1 is 1.35 bits per heavy atom. The summed E-state index contributed by atoms with van der Waals surface area (Å²) in [6, 6.07) is 1.55. The van der Waals surface area contributed by atoms with E-state index < -0.39 is 17.4 Å². The van der Waals surface area contributed by atoms with Gasteiger partial charge in [0.05, 0.1) is 5.56 Å². The second kappa shape index (κ2) is 5.18. The predicted molar refractivity (Wildman–Crippen MR) is 63.3 cm³/mol. The smallest absolute Gasteiger partial charge is 0.264 e. The quantitative estimate of drug-likeness (QED) is 0.602. The Morgan fingerprint density at radius 2 is 1.94 bits per heavy atom. The molecular weight excluding hydrogens is 248 g/mol. The van der Waals surface area contributed by atoms with Gasteiger partial charge in [0.2, 0.25) is 0 Å². The molecule has 0 aliphatic heterocycles. The second-order valence-corrected chi connectivity index (χ2v) is 3.93. The molecule has 0 bridgehead atoms. The molecule has 0 saturated carbocycles. The van der Waals surface area contributed by atoms with Crippen molar-refractivity contribution < 1.29 is 18.3 Å². The zero-order valence-electron chi connectivity index (χ0n) is 9.58. The third-order valence-corrected chi connectivity index (χ3v) is 2.39. The van der Waals surface area contributed by atoms with Crippen molar-refractivity contribution in [2.24, 2.45) is 0 Å². The first-order chi connectivity index (χ1) is 7.82. The number of carbonyl (C=O) groups is 1. The number of benzene rings is 1. The average Bonchev–Trinajstić information content (AvgIpc) is 2.20. The lowest BCUT2D eigenvalue weighted by atomic mass is 10.1. The maximum absolute atomic E-state index is 13.5. The van der Waals surface area contributed by atoms with E-state index in [1.807, 2.05) is 0 Å². The lowest BCUT2D eigenvalue weighted by Gasteiger charge is -2.16. The van der Waals surface area contributed by atoms with Gasteiger partial charge in [-0.1, -0.05) is 0 Å². The summed E-state index contributed by atoms with van der Waals surface area (Å²) in [4.78, 5) is 12.7. The molecule has 0 atom stereocenters. The van der Waals surface area contributed by atoms with Crippen LogP contribution in [0.4, 0.5) is 8.78 Å². The van der Waals surface area contributed by atoms with Gasteiger partial charge in [-0.3, -0.25) is 4.79 Å². The summed E-state index contributed by atoms with van der Waals surface area (Å²) < 4.78 is 31.5. The van der Waals surface area contributed by atoms with Crippen molar-refractivity contribution >= 4 is 23.2 Å². The molecule has 0 fully saturated rings. The van der Waals surface area contributed by atoms with Crippen LogP contribution < -0.4 is 4.74 Å². The van der Waals surface area contributed by atoms with E-state index in [0.29, 0.717) is 6.07 Å². The summed E-state index contributed by atoms with van der Waals surface area (Å²) in [7, 11) is 3.22. The Balaban J connectivity index is 3.22. The molecule has 3 nitrogen and oxygen atoms in total. The zero-order valence-corrected chi connectivity index (χ0v) is 10.4. The number of hydrogen-bond acceptors (Lipinski definition) is 3. The Bertz CT molecular complexity index is 475. The number of halogens is 2. The minimum Gasteiger partial charge on any atom is -0.428 e. The van der Waals surface area contributed by atoms with Gasteiger partial charge in [0.15, 0.2) is 17.3 Å². The van der Waals surface area contributed by atoms with Gasteiger partial charge >= 0.3 is 0 Å². The fraction of sp³-hybridized carbons (Fsp3) is 0.273. The van der Waals surface area contributed by atoms with Crippen LogP contribution in [0.25, 0.3) is 0 Å². The monoisotopic (exact) mass is 259 g/mol. The van der Waals surface area contributed by atoms with Crippen LogP contribution in [0, 0.1) is 11.6 Å². The molecule has 0 radical (unpaired) electrons. The van der Waals surface area contributed by atoms with E-state index in [4.69, 9.17) is 17.0 Å². The van der Waals surface area contributed by atoms with Gasteiger partial charge in [0, 0.05) is 20.2 Å². The summed E-state index contributed by atoms with van der Waals surface area (Å²) in [5.41, 5.74) is -0.174. The van der Waals surface area contributed by atoms with Crippen LogP contribution in [0.15, 0.2) is 12.1 Å². The first-order valence-corrected chi connectivity index (χ1v) is 5.13. The molecule has 0 aromatic heterocycles. The summed E-state index contributed by atoms with van der Waals surface area (Å²) in [6.07, 6.45) is 0. The van der Waals surface area contributed by atoms with Crippen molar-refractivity contribution in [3.63, 3.8) is 0 Å².